The number of aromatic nitrogens is 3. The monoisotopic (exact) mass is 425 g/mol. The molecule has 1 amide bonds. The molecule has 3 heterocycles. The number of nitrogens with one attached hydrogen (secondary N) is 3. The zero-order valence-electron chi connectivity index (χ0n) is 16.0. The number of carbonyl (C=O) groups excluding carboxylic acids is 1. The maximum Gasteiger partial charge on any atom is 0.250 e. The summed E-state index contributed by atoms with van der Waals surface area (Å²) < 4.78 is 5.45. The molecule has 0 unspecified atom stereocenters. The van der Waals surface area contributed by atoms with Gasteiger partial charge in [0.2, 0.25) is 0 Å². The van der Waals surface area contributed by atoms with E-state index in [1.54, 1.807) is 30.5 Å². The number of H-pyrrole nitrogens is 1. The van der Waals surface area contributed by atoms with Gasteiger partial charge in [0.15, 0.2) is 0 Å². The Hall–Kier alpha value is -3.43. The molecule has 3 aromatic rings. The Labute approximate surface area is 177 Å². The zero-order valence-corrected chi connectivity index (χ0v) is 16.7. The number of aromatic amines is 1. The van der Waals surface area contributed by atoms with Crippen molar-refractivity contribution in [3.63, 3.8) is 0 Å². The molecule has 0 saturated carbocycles. The molecule has 2 aromatic heterocycles. The number of ether oxygens (including phenoxy) is 1. The number of rotatable bonds is 6. The van der Waals surface area contributed by atoms with Crippen LogP contribution in [0.25, 0.3) is 11.1 Å². The zero-order chi connectivity index (χ0) is 21.1. The summed E-state index contributed by atoms with van der Waals surface area (Å²) >= 11 is 6.28. The standard InChI is InChI=1S/C20H20ClN7O2/c21-15-3-1-2-12(18(15)19(23)29)13-10-17(28-6-8-30-9-7-28)26-20(14(13)11-22)25-16-4-5-24-27-16/h1-5,10-11,22H,6-9H2,(H2,23,29)(H2,24,25,26,27). The summed E-state index contributed by atoms with van der Waals surface area (Å²) in [5.74, 6) is 1.12. The first-order valence-corrected chi connectivity index (χ1v) is 9.69. The van der Waals surface area contributed by atoms with Crippen molar-refractivity contribution in [3.05, 3.63) is 52.7 Å². The summed E-state index contributed by atoms with van der Waals surface area (Å²) in [6, 6.07) is 8.72. The fourth-order valence-corrected chi connectivity index (χ4v) is 3.68. The van der Waals surface area contributed by atoms with Crippen molar-refractivity contribution in [2.24, 2.45) is 5.73 Å². The van der Waals surface area contributed by atoms with Crippen LogP contribution >= 0.6 is 11.6 Å². The van der Waals surface area contributed by atoms with Gasteiger partial charge in [-0.1, -0.05) is 23.7 Å². The number of carbonyl (C=O) groups is 1. The molecule has 0 spiro atoms. The van der Waals surface area contributed by atoms with Crippen LogP contribution in [0, 0.1) is 5.41 Å². The van der Waals surface area contributed by atoms with E-state index in [1.807, 2.05) is 6.07 Å². The number of hydrogen-bond acceptors (Lipinski definition) is 7. The molecule has 1 aromatic carbocycles. The van der Waals surface area contributed by atoms with E-state index in [0.717, 1.165) is 0 Å². The third kappa shape index (κ3) is 3.85. The number of anilines is 3. The number of morpholine rings is 1. The van der Waals surface area contributed by atoms with Gasteiger partial charge in [-0.25, -0.2) is 4.98 Å². The summed E-state index contributed by atoms with van der Waals surface area (Å²) in [5.41, 5.74) is 7.48. The molecule has 1 fully saturated rings. The van der Waals surface area contributed by atoms with Crippen molar-refractivity contribution in [3.8, 4) is 11.1 Å². The molecule has 30 heavy (non-hydrogen) atoms. The van der Waals surface area contributed by atoms with Gasteiger partial charge in [-0.2, -0.15) is 5.10 Å². The van der Waals surface area contributed by atoms with Crippen LogP contribution in [-0.2, 0) is 4.74 Å². The minimum absolute atomic E-state index is 0.203. The first kappa shape index (κ1) is 19.9. The molecule has 154 valence electrons. The van der Waals surface area contributed by atoms with Crippen LogP contribution in [0.1, 0.15) is 15.9 Å². The Morgan fingerprint density at radius 3 is 2.77 bits per heavy atom. The quantitative estimate of drug-likeness (QED) is 0.449. The lowest BCUT2D eigenvalue weighted by atomic mass is 9.95. The largest absolute Gasteiger partial charge is 0.378 e. The molecule has 10 heteroatoms. The average Bonchev–Trinajstić information content (AvgIpc) is 3.26. The van der Waals surface area contributed by atoms with E-state index in [-0.39, 0.29) is 10.6 Å². The number of amides is 1. The minimum atomic E-state index is -0.639. The van der Waals surface area contributed by atoms with Crippen molar-refractivity contribution >= 4 is 41.2 Å². The second-order valence-corrected chi connectivity index (χ2v) is 7.06. The van der Waals surface area contributed by atoms with Gasteiger partial charge in [-0.3, -0.25) is 9.89 Å². The van der Waals surface area contributed by atoms with Crippen molar-refractivity contribution in [1.82, 2.24) is 15.2 Å². The number of halogens is 1. The topological polar surface area (TPSA) is 133 Å². The van der Waals surface area contributed by atoms with Crippen LogP contribution in [-0.4, -0.2) is 53.6 Å². The van der Waals surface area contributed by atoms with Gasteiger partial charge in [0.05, 0.1) is 30.0 Å². The Bertz CT molecular complexity index is 1080. The third-order valence-corrected chi connectivity index (χ3v) is 5.14. The van der Waals surface area contributed by atoms with E-state index in [0.29, 0.717) is 60.4 Å². The number of primary amides is 1. The number of nitrogens with two attached hydrogens (primary N) is 1. The van der Waals surface area contributed by atoms with Gasteiger partial charge in [-0.15, -0.1) is 0 Å². The molecule has 5 N–H and O–H groups in total. The van der Waals surface area contributed by atoms with Crippen LogP contribution in [0.2, 0.25) is 5.02 Å². The molecule has 0 atom stereocenters. The molecular weight excluding hydrogens is 406 g/mol. The van der Waals surface area contributed by atoms with E-state index in [9.17, 15) is 4.79 Å². The van der Waals surface area contributed by atoms with E-state index < -0.39 is 5.91 Å². The predicted molar refractivity (Wildman–Crippen MR) is 116 cm³/mol. The van der Waals surface area contributed by atoms with Crippen LogP contribution < -0.4 is 16.0 Å². The molecule has 9 nitrogen and oxygen atoms in total. The highest BCUT2D eigenvalue weighted by Gasteiger charge is 2.22. The first-order chi connectivity index (χ1) is 14.6. The summed E-state index contributed by atoms with van der Waals surface area (Å²) in [4.78, 5) is 19.0. The summed E-state index contributed by atoms with van der Waals surface area (Å²) in [6.07, 6.45) is 2.80. The van der Waals surface area contributed by atoms with Crippen molar-refractivity contribution in [2.45, 2.75) is 0 Å². The second kappa shape index (κ2) is 8.52. The van der Waals surface area contributed by atoms with Crippen LogP contribution in [0.15, 0.2) is 36.5 Å². The van der Waals surface area contributed by atoms with E-state index >= 15 is 0 Å². The number of pyridine rings is 1. The van der Waals surface area contributed by atoms with Crippen LogP contribution in [0.3, 0.4) is 0 Å². The van der Waals surface area contributed by atoms with Gasteiger partial charge in [0.25, 0.3) is 5.91 Å². The van der Waals surface area contributed by atoms with Crippen molar-refractivity contribution < 1.29 is 9.53 Å². The second-order valence-electron chi connectivity index (χ2n) is 6.66. The Morgan fingerprint density at radius 1 is 1.30 bits per heavy atom. The van der Waals surface area contributed by atoms with E-state index in [4.69, 9.17) is 32.5 Å². The summed E-state index contributed by atoms with van der Waals surface area (Å²) in [5, 5.41) is 18.2. The summed E-state index contributed by atoms with van der Waals surface area (Å²) in [7, 11) is 0. The maximum absolute atomic E-state index is 12.2. The third-order valence-electron chi connectivity index (χ3n) is 4.83. The van der Waals surface area contributed by atoms with Gasteiger partial charge >= 0.3 is 0 Å². The average molecular weight is 426 g/mol. The maximum atomic E-state index is 12.2. The Balaban J connectivity index is 1.93. The smallest absolute Gasteiger partial charge is 0.250 e. The predicted octanol–water partition coefficient (Wildman–Crippen LogP) is 2.80. The number of benzene rings is 1. The molecule has 1 aliphatic heterocycles. The van der Waals surface area contributed by atoms with Crippen molar-refractivity contribution in [2.75, 3.05) is 36.5 Å². The molecule has 1 saturated heterocycles. The molecule has 4 rings (SSSR count). The summed E-state index contributed by atoms with van der Waals surface area (Å²) in [6.45, 7) is 2.54. The normalized spacial score (nSPS) is 13.8. The number of hydrogen-bond donors (Lipinski definition) is 4. The van der Waals surface area contributed by atoms with E-state index in [1.165, 1.54) is 6.21 Å². The highest BCUT2D eigenvalue weighted by Crippen LogP contribution is 2.36. The molecule has 1 aliphatic rings. The van der Waals surface area contributed by atoms with Gasteiger partial charge < -0.3 is 26.1 Å². The lowest BCUT2D eigenvalue weighted by Gasteiger charge is -2.29. The highest BCUT2D eigenvalue weighted by molar-refractivity contribution is 6.34. The lowest BCUT2D eigenvalue weighted by Crippen LogP contribution is -2.37. The van der Waals surface area contributed by atoms with Gasteiger partial charge in [0, 0.05) is 30.9 Å². The van der Waals surface area contributed by atoms with E-state index in [2.05, 4.69) is 20.4 Å². The van der Waals surface area contributed by atoms with Crippen molar-refractivity contribution in [1.29, 1.82) is 5.41 Å². The number of nitrogens with zero attached hydrogens (tertiary/aromatic N) is 3. The van der Waals surface area contributed by atoms with Gasteiger partial charge in [0.1, 0.15) is 17.5 Å². The van der Waals surface area contributed by atoms with Crippen LogP contribution in [0.5, 0.6) is 0 Å². The first-order valence-electron chi connectivity index (χ1n) is 9.31. The molecule has 0 bridgehead atoms. The fourth-order valence-electron chi connectivity index (χ4n) is 3.41. The van der Waals surface area contributed by atoms with Crippen LogP contribution in [0.4, 0.5) is 17.5 Å². The highest BCUT2D eigenvalue weighted by atomic mass is 35.5. The minimum Gasteiger partial charge on any atom is -0.378 e. The Morgan fingerprint density at radius 2 is 2.10 bits per heavy atom. The molecular formula is C20H20ClN7O2. The molecule has 0 aliphatic carbocycles. The van der Waals surface area contributed by atoms with Gasteiger partial charge in [-0.05, 0) is 23.3 Å². The SMILES string of the molecule is N=Cc1c(-c2cccc(Cl)c2C(N)=O)cc(N2CCOCC2)nc1Nc1ccn[nH]1. The fraction of sp³-hybridized carbons (Fsp3) is 0.200. The Kier molecular flexibility index (Phi) is 5.64. The molecule has 0 radical (unpaired) electrons. The lowest BCUT2D eigenvalue weighted by molar-refractivity contribution is 0.100.